The maximum atomic E-state index is 12.4. The number of carbonyl (C=O) groups is 1. The minimum atomic E-state index is -0.202. The molecule has 0 unspecified atom stereocenters. The molecule has 3 rings (SSSR count). The molecule has 0 aliphatic heterocycles. The molecule has 0 aliphatic rings. The zero-order chi connectivity index (χ0) is 22.2. The van der Waals surface area contributed by atoms with E-state index in [1.807, 2.05) is 24.3 Å². The topological polar surface area (TPSA) is 82.6 Å². The van der Waals surface area contributed by atoms with Crippen LogP contribution in [0.5, 0.6) is 17.2 Å². The number of benzene rings is 2. The summed E-state index contributed by atoms with van der Waals surface area (Å²) in [7, 11) is 4.67. The number of nitrogens with zero attached hydrogens (tertiary/aromatic N) is 2. The minimum Gasteiger partial charge on any atom is -0.497 e. The smallest absolute Gasteiger partial charge is 0.234 e. The Morgan fingerprint density at radius 2 is 1.68 bits per heavy atom. The molecule has 31 heavy (non-hydrogen) atoms. The van der Waals surface area contributed by atoms with Gasteiger partial charge in [0.2, 0.25) is 5.91 Å². The van der Waals surface area contributed by atoms with E-state index in [4.69, 9.17) is 25.8 Å². The molecule has 1 N–H and O–H groups in total. The largest absolute Gasteiger partial charge is 0.497 e. The minimum absolute atomic E-state index is 0.185. The maximum Gasteiger partial charge on any atom is 0.234 e. The Hall–Kier alpha value is -2.14. The van der Waals surface area contributed by atoms with Crippen molar-refractivity contribution in [1.82, 2.24) is 10.2 Å². The lowest BCUT2D eigenvalue weighted by atomic mass is 10.2. The summed E-state index contributed by atoms with van der Waals surface area (Å²) >= 11 is 10.5. The standard InChI is InChI=1S/C20H20ClN3O4S3/c1-26-13-6-4-12(5-7-13)10-29-19-23-24-20(31-19)30-11-18(25)22-15-8-14(21)16(27-2)9-17(15)28-3/h4-9H,10-11H2,1-3H3,(H,22,25). The third kappa shape index (κ3) is 6.67. The predicted molar refractivity (Wildman–Crippen MR) is 126 cm³/mol. The van der Waals surface area contributed by atoms with Gasteiger partial charge in [-0.3, -0.25) is 4.79 Å². The van der Waals surface area contributed by atoms with Crippen LogP contribution in [0.3, 0.4) is 0 Å². The first-order chi connectivity index (χ1) is 15.0. The molecule has 11 heteroatoms. The fourth-order valence-electron chi connectivity index (χ4n) is 2.45. The number of amides is 1. The van der Waals surface area contributed by atoms with E-state index in [0.717, 1.165) is 20.2 Å². The van der Waals surface area contributed by atoms with E-state index in [0.29, 0.717) is 22.2 Å². The average Bonchev–Trinajstić information content (AvgIpc) is 3.25. The van der Waals surface area contributed by atoms with Crippen LogP contribution in [0.2, 0.25) is 5.02 Å². The lowest BCUT2D eigenvalue weighted by molar-refractivity contribution is -0.113. The predicted octanol–water partition coefficient (Wildman–Crippen LogP) is 5.24. The van der Waals surface area contributed by atoms with E-state index in [-0.39, 0.29) is 11.7 Å². The van der Waals surface area contributed by atoms with Crippen LogP contribution in [-0.4, -0.2) is 43.2 Å². The van der Waals surface area contributed by atoms with Crippen LogP contribution in [0, 0.1) is 0 Å². The molecule has 0 saturated carbocycles. The molecule has 7 nitrogen and oxygen atoms in total. The molecule has 0 atom stereocenters. The maximum absolute atomic E-state index is 12.4. The van der Waals surface area contributed by atoms with Gasteiger partial charge in [0, 0.05) is 11.8 Å². The number of thioether (sulfide) groups is 2. The average molecular weight is 498 g/mol. The summed E-state index contributed by atoms with van der Waals surface area (Å²) in [5, 5.41) is 11.5. The van der Waals surface area contributed by atoms with E-state index < -0.39 is 0 Å². The summed E-state index contributed by atoms with van der Waals surface area (Å²) in [6.07, 6.45) is 0. The molecule has 1 aromatic heterocycles. The Labute approximate surface area is 197 Å². The monoisotopic (exact) mass is 497 g/mol. The van der Waals surface area contributed by atoms with Gasteiger partial charge in [-0.25, -0.2) is 0 Å². The van der Waals surface area contributed by atoms with Crippen LogP contribution in [0.4, 0.5) is 5.69 Å². The van der Waals surface area contributed by atoms with Gasteiger partial charge in [-0.2, -0.15) is 0 Å². The van der Waals surface area contributed by atoms with E-state index in [2.05, 4.69) is 15.5 Å². The Morgan fingerprint density at radius 3 is 2.32 bits per heavy atom. The summed E-state index contributed by atoms with van der Waals surface area (Å²) in [5.41, 5.74) is 1.65. The highest BCUT2D eigenvalue weighted by molar-refractivity contribution is 8.03. The molecule has 3 aromatic rings. The summed E-state index contributed by atoms with van der Waals surface area (Å²) in [6.45, 7) is 0. The Balaban J connectivity index is 1.51. The third-order valence-electron chi connectivity index (χ3n) is 3.98. The van der Waals surface area contributed by atoms with E-state index >= 15 is 0 Å². The van der Waals surface area contributed by atoms with Gasteiger partial charge >= 0.3 is 0 Å². The van der Waals surface area contributed by atoms with Gasteiger partial charge in [0.1, 0.15) is 17.2 Å². The number of ether oxygens (including phenoxy) is 3. The molecular formula is C20H20ClN3O4S3. The Bertz CT molecular complexity index is 1030. The van der Waals surface area contributed by atoms with Gasteiger partial charge in [-0.1, -0.05) is 58.6 Å². The number of nitrogens with one attached hydrogen (secondary N) is 1. The van der Waals surface area contributed by atoms with Gasteiger partial charge in [-0.15, -0.1) is 10.2 Å². The van der Waals surface area contributed by atoms with Crippen LogP contribution in [0.1, 0.15) is 5.56 Å². The van der Waals surface area contributed by atoms with Crippen LogP contribution in [-0.2, 0) is 10.5 Å². The number of hydrogen-bond acceptors (Lipinski definition) is 9. The summed E-state index contributed by atoms with van der Waals surface area (Å²) in [4.78, 5) is 12.4. The highest BCUT2D eigenvalue weighted by atomic mass is 35.5. The molecule has 1 amide bonds. The first kappa shape index (κ1) is 23.5. The summed E-state index contributed by atoms with van der Waals surface area (Å²) in [5.74, 6) is 2.53. The zero-order valence-corrected chi connectivity index (χ0v) is 20.2. The second-order valence-corrected chi connectivity index (χ2v) is 9.82. The number of carbonyl (C=O) groups excluding carboxylic acids is 1. The molecule has 0 fully saturated rings. The van der Waals surface area contributed by atoms with Crippen molar-refractivity contribution in [3.8, 4) is 17.2 Å². The van der Waals surface area contributed by atoms with Crippen molar-refractivity contribution < 1.29 is 19.0 Å². The van der Waals surface area contributed by atoms with E-state index in [9.17, 15) is 4.79 Å². The van der Waals surface area contributed by atoms with Crippen molar-refractivity contribution >= 4 is 58.1 Å². The van der Waals surface area contributed by atoms with Crippen molar-refractivity contribution in [2.45, 2.75) is 14.4 Å². The lowest BCUT2D eigenvalue weighted by Crippen LogP contribution is -2.14. The first-order valence-corrected chi connectivity index (χ1v) is 12.1. The molecule has 0 radical (unpaired) electrons. The number of rotatable bonds is 10. The quantitative estimate of drug-likeness (QED) is 0.381. The van der Waals surface area contributed by atoms with Gasteiger partial charge in [0.15, 0.2) is 8.68 Å². The normalized spacial score (nSPS) is 10.6. The number of methoxy groups -OCH3 is 3. The number of hydrogen-bond donors (Lipinski definition) is 1. The second kappa shape index (κ2) is 11.5. The van der Waals surface area contributed by atoms with Crippen LogP contribution in [0.15, 0.2) is 45.1 Å². The Kier molecular flexibility index (Phi) is 8.70. The van der Waals surface area contributed by atoms with Crippen LogP contribution >= 0.6 is 46.5 Å². The second-order valence-electron chi connectivity index (χ2n) is 5.99. The summed E-state index contributed by atoms with van der Waals surface area (Å²) < 4.78 is 17.2. The summed E-state index contributed by atoms with van der Waals surface area (Å²) in [6, 6.07) is 11.1. The van der Waals surface area contributed by atoms with Crippen molar-refractivity contribution in [1.29, 1.82) is 0 Å². The van der Waals surface area contributed by atoms with Gasteiger partial charge in [0.25, 0.3) is 0 Å². The van der Waals surface area contributed by atoms with Crippen molar-refractivity contribution in [2.24, 2.45) is 0 Å². The van der Waals surface area contributed by atoms with Crippen LogP contribution in [0.25, 0.3) is 0 Å². The van der Waals surface area contributed by atoms with Crippen molar-refractivity contribution in [3.63, 3.8) is 0 Å². The highest BCUT2D eigenvalue weighted by Gasteiger charge is 2.14. The number of aromatic nitrogens is 2. The molecule has 0 aliphatic carbocycles. The SMILES string of the molecule is COc1ccc(CSc2nnc(SCC(=O)Nc3cc(Cl)c(OC)cc3OC)s2)cc1. The van der Waals surface area contributed by atoms with Crippen LogP contribution < -0.4 is 19.5 Å². The fourth-order valence-corrected chi connectivity index (χ4v) is 5.47. The Morgan fingerprint density at radius 1 is 1.00 bits per heavy atom. The van der Waals surface area contributed by atoms with Gasteiger partial charge in [-0.05, 0) is 23.8 Å². The van der Waals surface area contributed by atoms with E-state index in [1.165, 1.54) is 42.9 Å². The zero-order valence-electron chi connectivity index (χ0n) is 17.0. The number of halogens is 1. The third-order valence-corrected chi connectivity index (χ3v) is 7.54. The fraction of sp³-hybridized carbons (Fsp3) is 0.250. The molecule has 0 spiro atoms. The van der Waals surface area contributed by atoms with Crippen molar-refractivity contribution in [3.05, 3.63) is 47.0 Å². The van der Waals surface area contributed by atoms with Gasteiger partial charge in [0.05, 0.1) is 37.8 Å². The van der Waals surface area contributed by atoms with Gasteiger partial charge < -0.3 is 19.5 Å². The number of anilines is 1. The first-order valence-electron chi connectivity index (χ1n) is 8.95. The molecular weight excluding hydrogens is 478 g/mol. The van der Waals surface area contributed by atoms with Crippen molar-refractivity contribution in [2.75, 3.05) is 32.4 Å². The highest BCUT2D eigenvalue weighted by Crippen LogP contribution is 2.36. The molecule has 0 bridgehead atoms. The van der Waals surface area contributed by atoms with E-state index in [1.54, 1.807) is 31.0 Å². The lowest BCUT2D eigenvalue weighted by Gasteiger charge is -2.12. The molecule has 2 aromatic carbocycles. The molecule has 164 valence electrons. The molecule has 0 saturated heterocycles. The molecule has 1 heterocycles.